The summed E-state index contributed by atoms with van der Waals surface area (Å²) in [5.74, 6) is 0.889. The van der Waals surface area contributed by atoms with E-state index in [0.29, 0.717) is 12.4 Å². The first-order chi connectivity index (χ1) is 12.5. The molecule has 1 aliphatic heterocycles. The summed E-state index contributed by atoms with van der Waals surface area (Å²) in [4.78, 5) is 22.3. The monoisotopic (exact) mass is 357 g/mol. The van der Waals surface area contributed by atoms with Crippen molar-refractivity contribution in [2.75, 3.05) is 6.61 Å². The van der Waals surface area contributed by atoms with Crippen molar-refractivity contribution >= 4 is 11.7 Å². The molecule has 0 spiro atoms. The minimum absolute atomic E-state index is 0.0240. The van der Waals surface area contributed by atoms with Crippen LogP contribution in [0.25, 0.3) is 0 Å². The van der Waals surface area contributed by atoms with Crippen molar-refractivity contribution < 1.29 is 23.9 Å². The molecule has 0 bridgehead atoms. The molecule has 2 aromatic rings. The zero-order chi connectivity index (χ0) is 18.7. The molecule has 0 aromatic heterocycles. The lowest BCUT2D eigenvalue weighted by Crippen LogP contribution is -2.07. The van der Waals surface area contributed by atoms with Crippen LogP contribution in [0.2, 0.25) is 0 Å². The van der Waals surface area contributed by atoms with E-state index in [4.69, 9.17) is 14.2 Å². The number of carbonyl (C=O) groups excluding carboxylic acids is 1. The number of nitro benzene ring substituents is 1. The first-order valence-corrected chi connectivity index (χ1v) is 8.34. The minimum Gasteiger partial charge on any atom is -0.493 e. The van der Waals surface area contributed by atoms with Crippen molar-refractivity contribution in [3.63, 3.8) is 0 Å². The van der Waals surface area contributed by atoms with Crippen molar-refractivity contribution in [2.45, 2.75) is 33.0 Å². The fourth-order valence-corrected chi connectivity index (χ4v) is 2.83. The number of hydrogen-bond donors (Lipinski definition) is 0. The largest absolute Gasteiger partial charge is 0.493 e. The van der Waals surface area contributed by atoms with Gasteiger partial charge in [-0.25, -0.2) is 4.79 Å². The van der Waals surface area contributed by atoms with Gasteiger partial charge in [-0.3, -0.25) is 10.1 Å². The van der Waals surface area contributed by atoms with Crippen molar-refractivity contribution in [1.82, 2.24) is 0 Å². The summed E-state index contributed by atoms with van der Waals surface area (Å²) in [5, 5.41) is 10.7. The third-order valence-corrected chi connectivity index (χ3v) is 4.05. The fraction of sp³-hybridized carbons (Fsp3) is 0.316. The number of carbonyl (C=O) groups is 1. The number of hydrogen-bond acceptors (Lipinski definition) is 6. The SMILES string of the molecule is CCOc1cc2c(cc1COC(=O)c1ccc([N+](=O)[O-])cc1)OC(C)C2. The van der Waals surface area contributed by atoms with Gasteiger partial charge in [0, 0.05) is 29.7 Å². The molecular formula is C19H19NO6. The Morgan fingerprint density at radius 3 is 2.69 bits per heavy atom. The predicted molar refractivity (Wildman–Crippen MR) is 93.6 cm³/mol. The Labute approximate surface area is 150 Å². The summed E-state index contributed by atoms with van der Waals surface area (Å²) in [6, 6.07) is 9.05. The third-order valence-electron chi connectivity index (χ3n) is 4.05. The van der Waals surface area contributed by atoms with Crippen LogP contribution in [-0.2, 0) is 17.8 Å². The van der Waals surface area contributed by atoms with E-state index < -0.39 is 10.9 Å². The molecule has 136 valence electrons. The zero-order valence-electron chi connectivity index (χ0n) is 14.6. The van der Waals surface area contributed by atoms with Gasteiger partial charge >= 0.3 is 5.97 Å². The maximum atomic E-state index is 12.2. The molecule has 0 radical (unpaired) electrons. The van der Waals surface area contributed by atoms with E-state index in [1.54, 1.807) is 0 Å². The Hall–Kier alpha value is -3.09. The van der Waals surface area contributed by atoms with Gasteiger partial charge in [0.1, 0.15) is 24.2 Å². The van der Waals surface area contributed by atoms with Crippen molar-refractivity contribution in [3.05, 3.63) is 63.2 Å². The molecule has 0 amide bonds. The van der Waals surface area contributed by atoms with Gasteiger partial charge in [-0.1, -0.05) is 0 Å². The van der Waals surface area contributed by atoms with Crippen LogP contribution >= 0.6 is 0 Å². The van der Waals surface area contributed by atoms with Crippen LogP contribution in [0.4, 0.5) is 5.69 Å². The van der Waals surface area contributed by atoms with Gasteiger partial charge in [-0.2, -0.15) is 0 Å². The topological polar surface area (TPSA) is 87.9 Å². The normalized spacial score (nSPS) is 15.1. The Bertz CT molecular complexity index is 831. The molecule has 7 nitrogen and oxygen atoms in total. The van der Waals surface area contributed by atoms with Crippen LogP contribution in [0.5, 0.6) is 11.5 Å². The molecule has 1 unspecified atom stereocenters. The standard InChI is InChI=1S/C19H19NO6/c1-3-24-17-9-14-8-12(2)26-18(14)10-15(17)11-25-19(21)13-4-6-16(7-5-13)20(22)23/h4-7,9-10,12H,3,8,11H2,1-2H3. The van der Waals surface area contributed by atoms with Gasteiger partial charge < -0.3 is 14.2 Å². The Balaban J connectivity index is 1.73. The van der Waals surface area contributed by atoms with Crippen LogP contribution in [-0.4, -0.2) is 23.6 Å². The van der Waals surface area contributed by atoms with Gasteiger partial charge in [0.15, 0.2) is 0 Å². The molecule has 0 saturated carbocycles. The van der Waals surface area contributed by atoms with Crippen molar-refractivity contribution in [1.29, 1.82) is 0 Å². The van der Waals surface area contributed by atoms with E-state index in [2.05, 4.69) is 0 Å². The van der Waals surface area contributed by atoms with Crippen LogP contribution in [0, 0.1) is 10.1 Å². The maximum Gasteiger partial charge on any atom is 0.338 e. The van der Waals surface area contributed by atoms with Gasteiger partial charge in [-0.05, 0) is 38.1 Å². The maximum absolute atomic E-state index is 12.2. The molecule has 0 fully saturated rings. The number of fused-ring (bicyclic) bond motifs is 1. The van der Waals surface area contributed by atoms with E-state index in [-0.39, 0.29) is 24.0 Å². The van der Waals surface area contributed by atoms with Crippen LogP contribution in [0.3, 0.4) is 0 Å². The van der Waals surface area contributed by atoms with E-state index in [9.17, 15) is 14.9 Å². The number of nitrogens with zero attached hydrogens (tertiary/aromatic N) is 1. The molecule has 1 atom stereocenters. The minimum atomic E-state index is -0.558. The van der Waals surface area contributed by atoms with Crippen LogP contribution < -0.4 is 9.47 Å². The molecular weight excluding hydrogens is 338 g/mol. The number of rotatable bonds is 6. The predicted octanol–water partition coefficient (Wildman–Crippen LogP) is 3.67. The molecule has 0 aliphatic carbocycles. The summed E-state index contributed by atoms with van der Waals surface area (Å²) in [6.45, 7) is 4.41. The fourth-order valence-electron chi connectivity index (χ4n) is 2.83. The molecule has 1 aliphatic rings. The summed E-state index contributed by atoms with van der Waals surface area (Å²) in [7, 11) is 0. The smallest absolute Gasteiger partial charge is 0.338 e. The second-order valence-electron chi connectivity index (χ2n) is 6.01. The number of esters is 1. The number of non-ortho nitro benzene ring substituents is 1. The van der Waals surface area contributed by atoms with E-state index in [1.807, 2.05) is 26.0 Å². The molecule has 0 N–H and O–H groups in total. The number of ether oxygens (including phenoxy) is 3. The van der Waals surface area contributed by atoms with Gasteiger partial charge in [0.2, 0.25) is 0 Å². The highest BCUT2D eigenvalue weighted by molar-refractivity contribution is 5.89. The van der Waals surface area contributed by atoms with Crippen molar-refractivity contribution in [3.8, 4) is 11.5 Å². The van der Waals surface area contributed by atoms with E-state index in [1.165, 1.54) is 24.3 Å². The average molecular weight is 357 g/mol. The van der Waals surface area contributed by atoms with Gasteiger partial charge in [-0.15, -0.1) is 0 Å². The van der Waals surface area contributed by atoms with Gasteiger partial charge in [0.25, 0.3) is 5.69 Å². The molecule has 7 heteroatoms. The summed E-state index contributed by atoms with van der Waals surface area (Å²) < 4.78 is 16.7. The first kappa shape index (κ1) is 17.7. The van der Waals surface area contributed by atoms with Gasteiger partial charge in [0.05, 0.1) is 17.1 Å². The molecule has 2 aromatic carbocycles. The van der Waals surface area contributed by atoms with E-state index >= 15 is 0 Å². The molecule has 0 saturated heterocycles. The Morgan fingerprint density at radius 1 is 1.31 bits per heavy atom. The lowest BCUT2D eigenvalue weighted by atomic mass is 10.1. The molecule has 3 rings (SSSR count). The zero-order valence-corrected chi connectivity index (χ0v) is 14.6. The quantitative estimate of drug-likeness (QED) is 0.445. The lowest BCUT2D eigenvalue weighted by Gasteiger charge is -2.13. The average Bonchev–Trinajstić information content (AvgIpc) is 2.98. The molecule has 1 heterocycles. The highest BCUT2D eigenvalue weighted by Crippen LogP contribution is 2.35. The summed E-state index contributed by atoms with van der Waals surface area (Å²) in [5.41, 5.74) is 1.96. The first-order valence-electron chi connectivity index (χ1n) is 8.34. The van der Waals surface area contributed by atoms with Crippen molar-refractivity contribution in [2.24, 2.45) is 0 Å². The molecule has 26 heavy (non-hydrogen) atoms. The number of nitro groups is 1. The Morgan fingerprint density at radius 2 is 2.04 bits per heavy atom. The van der Waals surface area contributed by atoms with Crippen LogP contribution in [0.15, 0.2) is 36.4 Å². The highest BCUT2D eigenvalue weighted by atomic mass is 16.6. The summed E-state index contributed by atoms with van der Waals surface area (Å²) >= 11 is 0. The van der Waals surface area contributed by atoms with Crippen LogP contribution in [0.1, 0.15) is 35.3 Å². The second-order valence-corrected chi connectivity index (χ2v) is 6.01. The summed E-state index contributed by atoms with van der Waals surface area (Å²) in [6.07, 6.45) is 0.926. The third kappa shape index (κ3) is 3.77. The highest BCUT2D eigenvalue weighted by Gasteiger charge is 2.22. The number of benzene rings is 2. The Kier molecular flexibility index (Phi) is 5.06. The second kappa shape index (κ2) is 7.43. The van der Waals surface area contributed by atoms with E-state index in [0.717, 1.165) is 23.3 Å². The lowest BCUT2D eigenvalue weighted by molar-refractivity contribution is -0.384.